The van der Waals surface area contributed by atoms with Gasteiger partial charge in [0, 0.05) is 24.4 Å². The summed E-state index contributed by atoms with van der Waals surface area (Å²) >= 11 is 0. The fraction of sp³-hybridized carbons (Fsp3) is 0.400. The number of aliphatic hydroxyl groups excluding tert-OH is 1. The smallest absolute Gasteiger partial charge is 0.124 e. The summed E-state index contributed by atoms with van der Waals surface area (Å²) in [5.74, 6) is 0. The maximum absolute atomic E-state index is 9.25. The molecule has 1 aromatic heterocycles. The summed E-state index contributed by atoms with van der Waals surface area (Å²) in [4.78, 5) is 2.34. The zero-order valence-electron chi connectivity index (χ0n) is 10.8. The number of aryl methyl sites for hydroxylation is 1. The average Bonchev–Trinajstić information content (AvgIpc) is 2.95. The second-order valence-electron chi connectivity index (χ2n) is 4.95. The van der Waals surface area contributed by atoms with Crippen LogP contribution in [-0.4, -0.2) is 22.9 Å². The molecule has 4 heteroatoms. The summed E-state index contributed by atoms with van der Waals surface area (Å²) in [5, 5.41) is 13.2. The molecule has 100 valence electrons. The Morgan fingerprint density at radius 3 is 3.00 bits per heavy atom. The lowest BCUT2D eigenvalue weighted by atomic mass is 9.94. The highest BCUT2D eigenvalue weighted by molar-refractivity contribution is 5.56. The van der Waals surface area contributed by atoms with Crippen molar-refractivity contribution >= 4 is 5.69 Å². The molecule has 0 radical (unpaired) electrons. The second-order valence-corrected chi connectivity index (χ2v) is 4.95. The molecule has 19 heavy (non-hydrogen) atoms. The van der Waals surface area contributed by atoms with Gasteiger partial charge in [-0.1, -0.05) is 23.4 Å². The van der Waals surface area contributed by atoms with Gasteiger partial charge in [0.2, 0.25) is 0 Å². The minimum atomic E-state index is 0.224. The molecule has 0 saturated heterocycles. The minimum Gasteiger partial charge on any atom is -0.396 e. The SMILES string of the molecule is OCC[C@H]1CCc2ccccc2N1Cc1ccon1. The van der Waals surface area contributed by atoms with Crippen LogP contribution >= 0.6 is 0 Å². The van der Waals surface area contributed by atoms with E-state index in [1.807, 2.05) is 6.07 Å². The van der Waals surface area contributed by atoms with E-state index < -0.39 is 0 Å². The lowest BCUT2D eigenvalue weighted by molar-refractivity contribution is 0.267. The number of nitrogens with zero attached hydrogens (tertiary/aromatic N) is 2. The van der Waals surface area contributed by atoms with Crippen molar-refractivity contribution in [2.24, 2.45) is 0 Å². The van der Waals surface area contributed by atoms with Crippen molar-refractivity contribution < 1.29 is 9.63 Å². The first kappa shape index (κ1) is 12.2. The molecule has 3 rings (SSSR count). The predicted molar refractivity (Wildman–Crippen MR) is 72.9 cm³/mol. The molecule has 4 nitrogen and oxygen atoms in total. The molecule has 1 atom stereocenters. The second kappa shape index (κ2) is 5.45. The van der Waals surface area contributed by atoms with Crippen LogP contribution in [0.15, 0.2) is 41.1 Å². The molecule has 1 N–H and O–H groups in total. The molecule has 1 aliphatic rings. The third-order valence-electron chi connectivity index (χ3n) is 3.77. The lowest BCUT2D eigenvalue weighted by Gasteiger charge is -2.38. The van der Waals surface area contributed by atoms with Crippen LogP contribution in [0, 0.1) is 0 Å². The lowest BCUT2D eigenvalue weighted by Crippen LogP contribution is -2.39. The van der Waals surface area contributed by atoms with Gasteiger partial charge in [0.05, 0.1) is 6.54 Å². The van der Waals surface area contributed by atoms with Gasteiger partial charge in [-0.15, -0.1) is 0 Å². The van der Waals surface area contributed by atoms with E-state index in [0.717, 1.165) is 31.5 Å². The fourth-order valence-electron chi connectivity index (χ4n) is 2.83. The molecule has 0 bridgehead atoms. The Balaban J connectivity index is 1.90. The maximum atomic E-state index is 9.25. The van der Waals surface area contributed by atoms with Gasteiger partial charge >= 0.3 is 0 Å². The molecular formula is C15H18N2O2. The van der Waals surface area contributed by atoms with Crippen LogP contribution in [0.25, 0.3) is 0 Å². The van der Waals surface area contributed by atoms with Gasteiger partial charge in [-0.25, -0.2) is 0 Å². The summed E-state index contributed by atoms with van der Waals surface area (Å²) in [7, 11) is 0. The minimum absolute atomic E-state index is 0.224. The molecule has 2 aromatic rings. The third-order valence-corrected chi connectivity index (χ3v) is 3.77. The summed E-state index contributed by atoms with van der Waals surface area (Å²) < 4.78 is 4.91. The van der Waals surface area contributed by atoms with Crippen LogP contribution in [0.2, 0.25) is 0 Å². The van der Waals surface area contributed by atoms with Crippen molar-refractivity contribution in [3.8, 4) is 0 Å². The van der Waals surface area contributed by atoms with Crippen LogP contribution < -0.4 is 4.90 Å². The van der Waals surface area contributed by atoms with Crippen molar-refractivity contribution in [2.45, 2.75) is 31.8 Å². The number of anilines is 1. The van der Waals surface area contributed by atoms with E-state index >= 15 is 0 Å². The fourth-order valence-corrected chi connectivity index (χ4v) is 2.83. The Kier molecular flexibility index (Phi) is 3.51. The van der Waals surface area contributed by atoms with Gasteiger partial charge in [-0.3, -0.25) is 0 Å². The van der Waals surface area contributed by atoms with Crippen LogP contribution in [-0.2, 0) is 13.0 Å². The van der Waals surface area contributed by atoms with Gasteiger partial charge in [0.1, 0.15) is 12.0 Å². The number of aliphatic hydroxyl groups is 1. The largest absolute Gasteiger partial charge is 0.396 e. The van der Waals surface area contributed by atoms with Gasteiger partial charge in [0.15, 0.2) is 0 Å². The topological polar surface area (TPSA) is 49.5 Å². The number of hydrogen-bond acceptors (Lipinski definition) is 4. The first-order chi connectivity index (χ1) is 9.38. The molecule has 1 aliphatic heterocycles. The van der Waals surface area contributed by atoms with Crippen molar-refractivity contribution in [1.29, 1.82) is 0 Å². The normalized spacial score (nSPS) is 18.4. The molecule has 0 aliphatic carbocycles. The molecule has 0 spiro atoms. The first-order valence-corrected chi connectivity index (χ1v) is 6.73. The highest BCUT2D eigenvalue weighted by Gasteiger charge is 2.26. The summed E-state index contributed by atoms with van der Waals surface area (Å²) in [6.07, 6.45) is 4.56. The van der Waals surface area contributed by atoms with E-state index in [-0.39, 0.29) is 6.61 Å². The zero-order chi connectivity index (χ0) is 13.1. The van der Waals surface area contributed by atoms with E-state index in [9.17, 15) is 5.11 Å². The number of hydrogen-bond donors (Lipinski definition) is 1. The summed E-state index contributed by atoms with van der Waals surface area (Å²) in [5.41, 5.74) is 3.56. The van der Waals surface area contributed by atoms with Gasteiger partial charge in [-0.05, 0) is 30.9 Å². The van der Waals surface area contributed by atoms with Crippen LogP contribution in [0.5, 0.6) is 0 Å². The van der Waals surface area contributed by atoms with Crippen molar-refractivity contribution in [1.82, 2.24) is 5.16 Å². The maximum Gasteiger partial charge on any atom is 0.124 e. The van der Waals surface area contributed by atoms with E-state index in [4.69, 9.17) is 4.52 Å². The summed E-state index contributed by atoms with van der Waals surface area (Å²) in [6.45, 7) is 0.959. The van der Waals surface area contributed by atoms with Crippen LogP contribution in [0.4, 0.5) is 5.69 Å². The van der Waals surface area contributed by atoms with E-state index in [1.165, 1.54) is 11.3 Å². The van der Waals surface area contributed by atoms with Crippen LogP contribution in [0.1, 0.15) is 24.1 Å². The Bertz CT molecular complexity index is 525. The Hall–Kier alpha value is -1.81. The van der Waals surface area contributed by atoms with Gasteiger partial charge in [-0.2, -0.15) is 0 Å². The van der Waals surface area contributed by atoms with Crippen molar-refractivity contribution in [3.05, 3.63) is 47.9 Å². The Morgan fingerprint density at radius 1 is 1.32 bits per heavy atom. The Morgan fingerprint density at radius 2 is 2.21 bits per heavy atom. The monoisotopic (exact) mass is 258 g/mol. The highest BCUT2D eigenvalue weighted by Crippen LogP contribution is 2.32. The number of benzene rings is 1. The average molecular weight is 258 g/mol. The molecule has 2 heterocycles. The summed E-state index contributed by atoms with van der Waals surface area (Å²) in [6, 6.07) is 10.7. The quantitative estimate of drug-likeness (QED) is 0.914. The van der Waals surface area contributed by atoms with E-state index in [2.05, 4.69) is 34.3 Å². The molecule has 0 amide bonds. The molecular weight excluding hydrogens is 240 g/mol. The van der Waals surface area contributed by atoms with E-state index in [1.54, 1.807) is 6.26 Å². The van der Waals surface area contributed by atoms with E-state index in [0.29, 0.717) is 6.04 Å². The number of para-hydroxylation sites is 1. The van der Waals surface area contributed by atoms with Crippen molar-refractivity contribution in [2.75, 3.05) is 11.5 Å². The van der Waals surface area contributed by atoms with Crippen LogP contribution in [0.3, 0.4) is 0 Å². The standard InChI is InChI=1S/C15H18N2O2/c18-9-7-14-6-5-12-3-1-2-4-15(12)17(14)11-13-8-10-19-16-13/h1-4,8,10,14,18H,5-7,9,11H2/t14-/m1/s1. The highest BCUT2D eigenvalue weighted by atomic mass is 16.5. The van der Waals surface area contributed by atoms with Gasteiger partial charge < -0.3 is 14.5 Å². The Labute approximate surface area is 112 Å². The molecule has 1 aromatic carbocycles. The van der Waals surface area contributed by atoms with Crippen molar-refractivity contribution in [3.63, 3.8) is 0 Å². The predicted octanol–water partition coefficient (Wildman–Crippen LogP) is 2.38. The molecule has 0 saturated carbocycles. The first-order valence-electron chi connectivity index (χ1n) is 6.73. The zero-order valence-corrected chi connectivity index (χ0v) is 10.8. The number of fused-ring (bicyclic) bond motifs is 1. The third kappa shape index (κ3) is 2.49. The molecule has 0 unspecified atom stereocenters. The number of rotatable bonds is 4. The number of aromatic nitrogens is 1. The van der Waals surface area contributed by atoms with Gasteiger partial charge in [0.25, 0.3) is 0 Å². The molecule has 0 fully saturated rings.